The first-order valence-electron chi connectivity index (χ1n) is 11.2. The average molecular weight is 490 g/mol. The first-order valence-corrected chi connectivity index (χ1v) is 12.7. The number of rotatable bonds is 10. The van der Waals surface area contributed by atoms with Crippen LogP contribution in [0.5, 0.6) is 0 Å². The second kappa shape index (κ2) is 11.6. The number of hydrogen-bond acceptors (Lipinski definition) is 5. The summed E-state index contributed by atoms with van der Waals surface area (Å²) in [7, 11) is -3.74. The summed E-state index contributed by atoms with van der Waals surface area (Å²) in [6.07, 6.45) is 0.801. The Labute approximate surface area is 206 Å². The van der Waals surface area contributed by atoms with Gasteiger partial charge in [-0.05, 0) is 60.9 Å². The molecule has 3 aromatic carbocycles. The normalized spacial score (nSPS) is 11.0. The van der Waals surface area contributed by atoms with Gasteiger partial charge in [-0.15, -0.1) is 0 Å². The number of nitrogens with zero attached hydrogens (tertiary/aromatic N) is 2. The van der Waals surface area contributed by atoms with Crippen LogP contribution in [0.2, 0.25) is 0 Å². The number of amides is 1. The van der Waals surface area contributed by atoms with Crippen LogP contribution in [0.1, 0.15) is 57.7 Å². The minimum absolute atomic E-state index is 0.0647. The van der Waals surface area contributed by atoms with Gasteiger partial charge in [0.2, 0.25) is 10.0 Å². The Morgan fingerprint density at radius 3 is 2.00 bits per heavy atom. The number of hydrogen-bond donors (Lipinski definition) is 1. The number of nitriles is 1. The highest BCUT2D eigenvalue weighted by molar-refractivity contribution is 7.89. The van der Waals surface area contributed by atoms with E-state index in [9.17, 15) is 18.0 Å². The van der Waals surface area contributed by atoms with E-state index < -0.39 is 10.0 Å². The molecule has 0 bridgehead atoms. The van der Waals surface area contributed by atoms with E-state index in [2.05, 4.69) is 10.8 Å². The summed E-state index contributed by atoms with van der Waals surface area (Å²) < 4.78 is 27.7. The maximum absolute atomic E-state index is 13.1. The topological polar surface area (TPSA) is 107 Å². The largest absolute Gasteiger partial charge is 0.334 e. The molecule has 0 heterocycles. The minimum atomic E-state index is -3.74. The fourth-order valence-electron chi connectivity index (χ4n) is 3.51. The van der Waals surface area contributed by atoms with Crippen LogP contribution < -0.4 is 4.72 Å². The SMILES string of the molecule is CCCN(Cc1ccc(C#N)cc1)C(=O)c1ccc(CNS(=O)(=O)c2ccc(C(C)=O)cc2)cc1. The summed E-state index contributed by atoms with van der Waals surface area (Å²) in [4.78, 5) is 26.3. The molecule has 0 atom stereocenters. The van der Waals surface area contributed by atoms with Gasteiger partial charge in [0.25, 0.3) is 5.91 Å². The van der Waals surface area contributed by atoms with Crippen LogP contribution in [0.25, 0.3) is 0 Å². The third-order valence-corrected chi connectivity index (χ3v) is 6.89. The van der Waals surface area contributed by atoms with Gasteiger partial charge >= 0.3 is 0 Å². The highest BCUT2D eigenvalue weighted by Crippen LogP contribution is 2.15. The van der Waals surface area contributed by atoms with Crippen molar-refractivity contribution in [2.24, 2.45) is 0 Å². The van der Waals surface area contributed by atoms with Crippen LogP contribution in [0, 0.1) is 11.3 Å². The van der Waals surface area contributed by atoms with E-state index in [1.54, 1.807) is 41.3 Å². The molecule has 0 aromatic heterocycles. The van der Waals surface area contributed by atoms with Crippen LogP contribution in [-0.4, -0.2) is 31.6 Å². The molecule has 0 unspecified atom stereocenters. The lowest BCUT2D eigenvalue weighted by Gasteiger charge is -2.22. The molecular formula is C27H27N3O4S. The summed E-state index contributed by atoms with van der Waals surface area (Å²) >= 11 is 0. The summed E-state index contributed by atoms with van der Waals surface area (Å²) in [6, 6.07) is 21.8. The van der Waals surface area contributed by atoms with E-state index in [1.807, 2.05) is 19.1 Å². The van der Waals surface area contributed by atoms with Crippen molar-refractivity contribution < 1.29 is 18.0 Å². The Morgan fingerprint density at radius 2 is 1.46 bits per heavy atom. The van der Waals surface area contributed by atoms with Crippen molar-refractivity contribution in [3.8, 4) is 6.07 Å². The first kappa shape index (κ1) is 25.8. The lowest BCUT2D eigenvalue weighted by atomic mass is 10.1. The van der Waals surface area contributed by atoms with Crippen molar-refractivity contribution in [2.45, 2.75) is 38.3 Å². The molecule has 180 valence electrons. The fourth-order valence-corrected chi connectivity index (χ4v) is 4.52. The molecule has 8 heteroatoms. The fraction of sp³-hybridized carbons (Fsp3) is 0.222. The Kier molecular flexibility index (Phi) is 8.53. The quantitative estimate of drug-likeness (QED) is 0.428. The second-order valence-electron chi connectivity index (χ2n) is 8.14. The Morgan fingerprint density at radius 1 is 0.886 bits per heavy atom. The van der Waals surface area contributed by atoms with E-state index in [-0.39, 0.29) is 23.1 Å². The van der Waals surface area contributed by atoms with Gasteiger partial charge in [0, 0.05) is 30.8 Å². The van der Waals surface area contributed by atoms with Crippen molar-refractivity contribution in [1.29, 1.82) is 5.26 Å². The standard InChI is InChI=1S/C27H27N3O4S/c1-3-16-30(19-23-6-4-21(17-28)5-7-23)27(32)25-10-8-22(9-11-25)18-29-35(33,34)26-14-12-24(13-15-26)20(2)31/h4-15,29H,3,16,18-19H2,1-2H3. The van der Waals surface area contributed by atoms with Gasteiger partial charge in [-0.2, -0.15) is 5.26 Å². The molecule has 7 nitrogen and oxygen atoms in total. The molecule has 0 fully saturated rings. The lowest BCUT2D eigenvalue weighted by Crippen LogP contribution is -2.31. The van der Waals surface area contributed by atoms with Gasteiger partial charge in [0.15, 0.2) is 5.78 Å². The van der Waals surface area contributed by atoms with E-state index in [1.165, 1.54) is 31.2 Å². The predicted octanol–water partition coefficient (Wildman–Crippen LogP) is 4.29. The zero-order valence-corrected chi connectivity index (χ0v) is 20.5. The highest BCUT2D eigenvalue weighted by atomic mass is 32.2. The van der Waals surface area contributed by atoms with Crippen molar-refractivity contribution >= 4 is 21.7 Å². The Hall–Kier alpha value is -3.80. The van der Waals surface area contributed by atoms with Crippen LogP contribution >= 0.6 is 0 Å². The monoisotopic (exact) mass is 489 g/mol. The van der Waals surface area contributed by atoms with Crippen LogP contribution in [0.4, 0.5) is 0 Å². The number of ketones is 1. The van der Waals surface area contributed by atoms with Crippen molar-refractivity contribution in [3.63, 3.8) is 0 Å². The smallest absolute Gasteiger partial charge is 0.254 e. The van der Waals surface area contributed by atoms with Gasteiger partial charge in [-0.3, -0.25) is 9.59 Å². The molecule has 3 rings (SSSR count). The van der Waals surface area contributed by atoms with Crippen LogP contribution in [0.15, 0.2) is 77.7 Å². The summed E-state index contributed by atoms with van der Waals surface area (Å²) in [6.45, 7) is 4.51. The molecule has 0 aliphatic rings. The van der Waals surface area contributed by atoms with Gasteiger partial charge in [0.05, 0.1) is 16.5 Å². The zero-order chi connectivity index (χ0) is 25.4. The molecule has 1 N–H and O–H groups in total. The molecule has 0 radical (unpaired) electrons. The van der Waals surface area contributed by atoms with Crippen molar-refractivity contribution in [2.75, 3.05) is 6.54 Å². The summed E-state index contributed by atoms with van der Waals surface area (Å²) in [5.74, 6) is -0.250. The lowest BCUT2D eigenvalue weighted by molar-refractivity contribution is 0.0743. The van der Waals surface area contributed by atoms with Gasteiger partial charge < -0.3 is 4.90 Å². The first-order chi connectivity index (χ1) is 16.7. The predicted molar refractivity (Wildman–Crippen MR) is 133 cm³/mol. The van der Waals surface area contributed by atoms with E-state index in [0.717, 1.165) is 12.0 Å². The molecule has 0 spiro atoms. The molecule has 0 saturated heterocycles. The van der Waals surface area contributed by atoms with Gasteiger partial charge in [0.1, 0.15) is 0 Å². The number of benzene rings is 3. The molecule has 3 aromatic rings. The van der Waals surface area contributed by atoms with Crippen molar-refractivity contribution in [3.05, 3.63) is 101 Å². The van der Waals surface area contributed by atoms with Gasteiger partial charge in [-0.25, -0.2) is 13.1 Å². The molecule has 35 heavy (non-hydrogen) atoms. The number of sulfonamides is 1. The third-order valence-electron chi connectivity index (χ3n) is 5.48. The molecule has 0 saturated carbocycles. The van der Waals surface area contributed by atoms with Crippen LogP contribution in [0.3, 0.4) is 0 Å². The number of Topliss-reactive ketones (excluding diaryl/α,β-unsaturated/α-hetero) is 1. The molecule has 0 aliphatic carbocycles. The third kappa shape index (κ3) is 6.85. The average Bonchev–Trinajstić information content (AvgIpc) is 2.87. The van der Waals surface area contributed by atoms with Crippen LogP contribution in [-0.2, 0) is 23.1 Å². The van der Waals surface area contributed by atoms with Gasteiger partial charge in [-0.1, -0.05) is 43.3 Å². The molecular weight excluding hydrogens is 462 g/mol. The second-order valence-corrected chi connectivity index (χ2v) is 9.90. The van der Waals surface area contributed by atoms with E-state index >= 15 is 0 Å². The Balaban J connectivity index is 1.65. The Bertz CT molecular complexity index is 1330. The molecule has 1 amide bonds. The van der Waals surface area contributed by atoms with Crippen molar-refractivity contribution in [1.82, 2.24) is 9.62 Å². The number of nitrogens with one attached hydrogen (secondary N) is 1. The molecule has 0 aliphatic heterocycles. The summed E-state index contributed by atoms with van der Waals surface area (Å²) in [5.41, 5.74) is 3.17. The number of carbonyl (C=O) groups excluding carboxylic acids is 2. The maximum Gasteiger partial charge on any atom is 0.254 e. The van der Waals surface area contributed by atoms with E-state index in [4.69, 9.17) is 5.26 Å². The van der Waals surface area contributed by atoms with E-state index in [0.29, 0.717) is 35.3 Å². The minimum Gasteiger partial charge on any atom is -0.334 e. The maximum atomic E-state index is 13.1. The number of carbonyl (C=O) groups is 2. The highest BCUT2D eigenvalue weighted by Gasteiger charge is 2.17. The zero-order valence-electron chi connectivity index (χ0n) is 19.7. The summed E-state index contributed by atoms with van der Waals surface area (Å²) in [5, 5.41) is 8.96.